The SMILES string of the molecule is c1ccc(-c2cc3c4cccc(N(c5ccc6c(c5)-c5ccccc5C65c6ccccc6-c6ccccc65)c5ccc6c(c5)C5(c7ccccc7-c7ccccc75)c5ccccc5-6)c4sc3c3ccccc23)cc1. The van der Waals surface area contributed by atoms with Crippen LogP contribution in [0, 0.1) is 0 Å². The first-order valence-electron chi connectivity index (χ1n) is 25.8. The second-order valence-corrected chi connectivity index (χ2v) is 21.6. The smallest absolute Gasteiger partial charge is 0.0726 e. The Balaban J connectivity index is 0.960. The fourth-order valence-corrected chi connectivity index (χ4v) is 15.8. The van der Waals surface area contributed by atoms with Crippen LogP contribution in [0.15, 0.2) is 261 Å². The molecule has 1 nitrogen and oxygen atoms in total. The zero-order chi connectivity index (χ0) is 48.3. The first-order valence-corrected chi connectivity index (χ1v) is 26.6. The minimum absolute atomic E-state index is 0.430. The summed E-state index contributed by atoms with van der Waals surface area (Å²) in [6, 6.07) is 98.9. The van der Waals surface area contributed by atoms with Gasteiger partial charge in [0.2, 0.25) is 0 Å². The van der Waals surface area contributed by atoms with E-state index in [2.05, 4.69) is 266 Å². The maximum Gasteiger partial charge on any atom is 0.0726 e. The van der Waals surface area contributed by atoms with Crippen molar-refractivity contribution in [1.82, 2.24) is 0 Å². The minimum Gasteiger partial charge on any atom is -0.309 e. The molecule has 0 saturated carbocycles. The van der Waals surface area contributed by atoms with Crippen LogP contribution in [-0.4, -0.2) is 0 Å². The average molecular weight is 954 g/mol. The van der Waals surface area contributed by atoms with Crippen LogP contribution >= 0.6 is 11.3 Å². The molecule has 74 heavy (non-hydrogen) atoms. The third kappa shape index (κ3) is 4.99. The summed E-state index contributed by atoms with van der Waals surface area (Å²) in [4.78, 5) is 2.59. The molecule has 0 fully saturated rings. The van der Waals surface area contributed by atoms with Gasteiger partial charge >= 0.3 is 0 Å². The molecule has 0 N–H and O–H groups in total. The molecule has 2 spiro atoms. The second kappa shape index (κ2) is 14.8. The lowest BCUT2D eigenvalue weighted by Gasteiger charge is -2.33. The van der Waals surface area contributed by atoms with Gasteiger partial charge in [-0.25, -0.2) is 0 Å². The van der Waals surface area contributed by atoms with Crippen LogP contribution in [0.3, 0.4) is 0 Å². The van der Waals surface area contributed by atoms with Crippen LogP contribution in [0.4, 0.5) is 17.1 Å². The largest absolute Gasteiger partial charge is 0.309 e. The molecule has 1 aromatic heterocycles. The molecule has 0 atom stereocenters. The molecule has 4 aliphatic rings. The van der Waals surface area contributed by atoms with Crippen LogP contribution in [-0.2, 0) is 10.8 Å². The summed E-state index contributed by atoms with van der Waals surface area (Å²) in [5.74, 6) is 0. The summed E-state index contributed by atoms with van der Waals surface area (Å²) in [5.41, 5.74) is 26.2. The van der Waals surface area contributed by atoms with E-state index in [4.69, 9.17) is 0 Å². The third-order valence-corrected chi connectivity index (χ3v) is 18.6. The van der Waals surface area contributed by atoms with Crippen molar-refractivity contribution in [2.75, 3.05) is 4.90 Å². The number of thiophene rings is 1. The van der Waals surface area contributed by atoms with Gasteiger partial charge in [-0.1, -0.05) is 224 Å². The van der Waals surface area contributed by atoms with E-state index in [1.807, 2.05) is 11.3 Å². The van der Waals surface area contributed by atoms with Crippen molar-refractivity contribution in [2.45, 2.75) is 10.8 Å². The quantitative estimate of drug-likeness (QED) is 0.170. The molecular formula is C72H43NS. The van der Waals surface area contributed by atoms with Gasteiger partial charge < -0.3 is 4.90 Å². The van der Waals surface area contributed by atoms with Crippen LogP contribution in [0.2, 0.25) is 0 Å². The summed E-state index contributed by atoms with van der Waals surface area (Å²) < 4.78 is 2.58. The van der Waals surface area contributed by atoms with Gasteiger partial charge in [0, 0.05) is 32.2 Å². The first-order chi connectivity index (χ1) is 36.7. The monoisotopic (exact) mass is 953 g/mol. The normalized spacial score (nSPS) is 14.2. The Kier molecular flexibility index (Phi) is 8.08. The summed E-state index contributed by atoms with van der Waals surface area (Å²) in [6.45, 7) is 0. The lowest BCUT2D eigenvalue weighted by atomic mass is 9.70. The molecule has 13 aromatic rings. The van der Waals surface area contributed by atoms with E-state index in [9.17, 15) is 0 Å². The van der Waals surface area contributed by atoms with E-state index in [1.165, 1.54) is 137 Å². The van der Waals surface area contributed by atoms with Crippen molar-refractivity contribution >= 4 is 59.3 Å². The van der Waals surface area contributed by atoms with Gasteiger partial charge in [-0.15, -0.1) is 11.3 Å². The predicted octanol–water partition coefficient (Wildman–Crippen LogP) is 19.0. The molecule has 0 aliphatic heterocycles. The third-order valence-electron chi connectivity index (χ3n) is 17.3. The Hall–Kier alpha value is -9.08. The highest BCUT2D eigenvalue weighted by Gasteiger charge is 2.53. The van der Waals surface area contributed by atoms with E-state index in [0.29, 0.717) is 0 Å². The molecule has 17 rings (SSSR count). The highest BCUT2D eigenvalue weighted by molar-refractivity contribution is 7.27. The molecule has 1 heterocycles. The topological polar surface area (TPSA) is 3.24 Å². The molecule has 12 aromatic carbocycles. The number of anilines is 3. The van der Waals surface area contributed by atoms with Gasteiger partial charge in [0.15, 0.2) is 0 Å². The van der Waals surface area contributed by atoms with Crippen LogP contribution in [0.5, 0.6) is 0 Å². The number of hydrogen-bond donors (Lipinski definition) is 0. The Morgan fingerprint density at radius 2 is 0.649 bits per heavy atom. The minimum atomic E-state index is -0.482. The van der Waals surface area contributed by atoms with E-state index in [1.54, 1.807) is 0 Å². The predicted molar refractivity (Wildman–Crippen MR) is 310 cm³/mol. The van der Waals surface area contributed by atoms with E-state index in [0.717, 1.165) is 11.4 Å². The van der Waals surface area contributed by atoms with Crippen LogP contribution < -0.4 is 4.90 Å². The van der Waals surface area contributed by atoms with Crippen molar-refractivity contribution in [3.05, 3.63) is 305 Å². The van der Waals surface area contributed by atoms with Gasteiger partial charge in [-0.3, -0.25) is 0 Å². The zero-order valence-corrected chi connectivity index (χ0v) is 41.0. The summed E-state index contributed by atoms with van der Waals surface area (Å²) in [6.07, 6.45) is 0. The van der Waals surface area contributed by atoms with Crippen LogP contribution in [0.1, 0.15) is 44.5 Å². The number of hydrogen-bond acceptors (Lipinski definition) is 2. The number of nitrogens with zero attached hydrogens (tertiary/aromatic N) is 1. The standard InChI is InChI=1S/C72H43NS/c1-2-19-44(20-3-1)57-43-59-56-29-18-36-68(70(56)74-69(59)55-28-5-4-21-47(55)57)73(45-38-40-66-58(41-45)53-27-11-17-35-65(53)71(66)60-30-12-6-22-48(60)49-23-7-13-31-61(49)71)46-37-39-54-52-26-10-16-34-64(52)72(67(54)42-46)62-32-14-8-24-50(62)51-25-9-15-33-63(51)72/h1-43H. The van der Waals surface area contributed by atoms with Crippen molar-refractivity contribution in [1.29, 1.82) is 0 Å². The van der Waals surface area contributed by atoms with Gasteiger partial charge in [0.1, 0.15) is 0 Å². The van der Waals surface area contributed by atoms with Gasteiger partial charge in [0.05, 0.1) is 21.2 Å². The second-order valence-electron chi connectivity index (χ2n) is 20.5. The molecular weight excluding hydrogens is 911 g/mol. The summed E-state index contributed by atoms with van der Waals surface area (Å²) in [5, 5.41) is 5.12. The van der Waals surface area contributed by atoms with Crippen molar-refractivity contribution in [3.8, 4) is 55.6 Å². The molecule has 0 saturated heterocycles. The Labute approximate surface area is 433 Å². The first kappa shape index (κ1) is 40.5. The highest BCUT2D eigenvalue weighted by Crippen LogP contribution is 2.66. The van der Waals surface area contributed by atoms with Crippen molar-refractivity contribution < 1.29 is 0 Å². The number of rotatable bonds is 4. The lowest BCUT2D eigenvalue weighted by Crippen LogP contribution is -2.26. The van der Waals surface area contributed by atoms with Gasteiger partial charge in [-0.2, -0.15) is 0 Å². The summed E-state index contributed by atoms with van der Waals surface area (Å²) >= 11 is 1.93. The fourth-order valence-electron chi connectivity index (χ4n) is 14.5. The maximum absolute atomic E-state index is 2.59. The zero-order valence-electron chi connectivity index (χ0n) is 40.2. The Morgan fingerprint density at radius 1 is 0.243 bits per heavy atom. The average Bonchev–Trinajstić information content (AvgIpc) is 4.39. The molecule has 0 unspecified atom stereocenters. The molecule has 0 amide bonds. The van der Waals surface area contributed by atoms with Gasteiger partial charge in [0.25, 0.3) is 0 Å². The number of benzene rings is 12. The molecule has 0 radical (unpaired) electrons. The summed E-state index contributed by atoms with van der Waals surface area (Å²) in [7, 11) is 0. The van der Waals surface area contributed by atoms with Crippen LogP contribution in [0.25, 0.3) is 86.6 Å². The van der Waals surface area contributed by atoms with Gasteiger partial charge in [-0.05, 0) is 142 Å². The fraction of sp³-hybridized carbons (Fsp3) is 0.0278. The maximum atomic E-state index is 2.59. The van der Waals surface area contributed by atoms with E-state index in [-0.39, 0.29) is 0 Å². The highest BCUT2D eigenvalue weighted by atomic mass is 32.1. The number of fused-ring (bicyclic) bond motifs is 25. The molecule has 4 aliphatic carbocycles. The van der Waals surface area contributed by atoms with E-state index >= 15 is 0 Å². The Bertz CT molecular complexity index is 4460. The molecule has 2 heteroatoms. The van der Waals surface area contributed by atoms with Crippen molar-refractivity contribution in [2.24, 2.45) is 0 Å². The van der Waals surface area contributed by atoms with Crippen molar-refractivity contribution in [3.63, 3.8) is 0 Å². The van der Waals surface area contributed by atoms with E-state index < -0.39 is 10.8 Å². The Morgan fingerprint density at radius 3 is 1.22 bits per heavy atom. The molecule has 0 bridgehead atoms. The molecule has 342 valence electrons. The lowest BCUT2D eigenvalue weighted by molar-refractivity contribution is 0.793.